The van der Waals surface area contributed by atoms with E-state index in [1.54, 1.807) is 0 Å². The third-order valence-corrected chi connectivity index (χ3v) is 5.07. The molecule has 2 aliphatic rings. The molecule has 2 fully saturated rings. The number of rotatable bonds is 4. The van der Waals surface area contributed by atoms with Gasteiger partial charge in [-0.1, -0.05) is 43.2 Å². The maximum Gasteiger partial charge on any atom is 0.153 e. The van der Waals surface area contributed by atoms with Crippen LogP contribution in [0.25, 0.3) is 0 Å². The van der Waals surface area contributed by atoms with Gasteiger partial charge in [-0.3, -0.25) is 4.79 Å². The molecule has 2 unspecified atom stereocenters. The zero-order valence-electron chi connectivity index (χ0n) is 12.6. The van der Waals surface area contributed by atoms with Crippen LogP contribution in [-0.2, 0) is 16.0 Å². The van der Waals surface area contributed by atoms with Crippen LogP contribution in [0.5, 0.6) is 0 Å². The van der Waals surface area contributed by atoms with Gasteiger partial charge in [-0.25, -0.2) is 0 Å². The average molecular weight is 287 g/mol. The number of ether oxygens (including phenoxy) is 1. The van der Waals surface area contributed by atoms with E-state index in [-0.39, 0.29) is 23.3 Å². The average Bonchev–Trinajstić information content (AvgIpc) is 2.95. The van der Waals surface area contributed by atoms with Gasteiger partial charge in [-0.15, -0.1) is 0 Å². The summed E-state index contributed by atoms with van der Waals surface area (Å²) in [6, 6.07) is 9.67. The van der Waals surface area contributed by atoms with Gasteiger partial charge in [0.2, 0.25) is 0 Å². The van der Waals surface area contributed by atoms with Crippen molar-refractivity contribution in [2.45, 2.75) is 56.6 Å². The zero-order valence-corrected chi connectivity index (χ0v) is 12.6. The summed E-state index contributed by atoms with van der Waals surface area (Å²) >= 11 is 0. The molecule has 3 heteroatoms. The molecule has 1 saturated heterocycles. The molecule has 0 amide bonds. The number of carbonyl (C=O) groups is 1. The fraction of sp³-hybridized carbons (Fsp3) is 0.611. The molecule has 3 rings (SSSR count). The van der Waals surface area contributed by atoms with Gasteiger partial charge in [0.15, 0.2) is 5.78 Å². The third kappa shape index (κ3) is 3.35. The van der Waals surface area contributed by atoms with E-state index in [1.165, 1.54) is 12.8 Å². The first-order chi connectivity index (χ1) is 10.2. The molecular weight excluding hydrogens is 262 g/mol. The smallest absolute Gasteiger partial charge is 0.153 e. The Labute approximate surface area is 126 Å². The normalized spacial score (nSPS) is 25.9. The molecule has 1 aromatic rings. The predicted molar refractivity (Wildman–Crippen MR) is 83.0 cm³/mol. The minimum absolute atomic E-state index is 0.00889. The van der Waals surface area contributed by atoms with Crippen LogP contribution >= 0.6 is 0 Å². The number of Topliss-reactive ketones (excluding diaryl/α,β-unsaturated/α-hetero) is 1. The molecule has 1 spiro atoms. The Morgan fingerprint density at radius 3 is 2.71 bits per heavy atom. The van der Waals surface area contributed by atoms with E-state index in [9.17, 15) is 4.79 Å². The fourth-order valence-electron chi connectivity index (χ4n) is 3.91. The van der Waals surface area contributed by atoms with Crippen molar-refractivity contribution in [1.82, 2.24) is 0 Å². The van der Waals surface area contributed by atoms with E-state index in [1.807, 2.05) is 30.3 Å². The lowest BCUT2D eigenvalue weighted by atomic mass is 9.80. The molecule has 114 valence electrons. The maximum atomic E-state index is 12.7. The van der Waals surface area contributed by atoms with Gasteiger partial charge in [0.1, 0.15) is 0 Å². The van der Waals surface area contributed by atoms with E-state index in [0.29, 0.717) is 13.0 Å². The summed E-state index contributed by atoms with van der Waals surface area (Å²) in [4.78, 5) is 12.7. The Balaban J connectivity index is 1.61. The standard InChI is InChI=1S/C18H25NO2/c19-16(12-14-6-2-1-3-7-14)17(20)15-8-11-21-18(13-15)9-4-5-10-18/h1-3,6-7,15-16H,4-5,8-13,19H2. The summed E-state index contributed by atoms with van der Waals surface area (Å²) in [5.74, 6) is 0.323. The fourth-order valence-corrected chi connectivity index (χ4v) is 3.91. The molecule has 2 N–H and O–H groups in total. The van der Waals surface area contributed by atoms with Crippen LogP contribution in [0.1, 0.15) is 44.1 Å². The van der Waals surface area contributed by atoms with Gasteiger partial charge in [0.25, 0.3) is 0 Å². The predicted octanol–water partition coefficient (Wildman–Crippen LogP) is 2.86. The van der Waals surface area contributed by atoms with Crippen LogP contribution in [-0.4, -0.2) is 24.0 Å². The highest BCUT2D eigenvalue weighted by Crippen LogP contribution is 2.42. The largest absolute Gasteiger partial charge is 0.375 e. The third-order valence-electron chi connectivity index (χ3n) is 5.07. The SMILES string of the molecule is NC(Cc1ccccc1)C(=O)C1CCOC2(CCCC2)C1. The van der Waals surface area contributed by atoms with Crippen LogP contribution in [0.4, 0.5) is 0 Å². The van der Waals surface area contributed by atoms with E-state index in [0.717, 1.165) is 31.2 Å². The highest BCUT2D eigenvalue weighted by Gasteiger charge is 2.42. The first-order valence-corrected chi connectivity index (χ1v) is 8.16. The molecular formula is C18H25NO2. The van der Waals surface area contributed by atoms with Gasteiger partial charge >= 0.3 is 0 Å². The minimum atomic E-state index is -0.381. The van der Waals surface area contributed by atoms with Crippen LogP contribution in [0.15, 0.2) is 30.3 Å². The first-order valence-electron chi connectivity index (χ1n) is 8.16. The van der Waals surface area contributed by atoms with E-state index >= 15 is 0 Å². The number of nitrogens with two attached hydrogens (primary N) is 1. The summed E-state index contributed by atoms with van der Waals surface area (Å²) < 4.78 is 6.01. The minimum Gasteiger partial charge on any atom is -0.375 e. The molecule has 0 aromatic heterocycles. The van der Waals surface area contributed by atoms with Gasteiger partial charge in [-0.2, -0.15) is 0 Å². The van der Waals surface area contributed by atoms with Crippen LogP contribution in [0.2, 0.25) is 0 Å². The number of hydrogen-bond donors (Lipinski definition) is 1. The Hall–Kier alpha value is -1.19. The topological polar surface area (TPSA) is 52.3 Å². The molecule has 0 radical (unpaired) electrons. The second-order valence-electron chi connectivity index (χ2n) is 6.63. The molecule has 1 aliphatic heterocycles. The molecule has 21 heavy (non-hydrogen) atoms. The summed E-state index contributed by atoms with van der Waals surface area (Å²) in [5, 5.41) is 0. The molecule has 1 heterocycles. The van der Waals surface area contributed by atoms with E-state index in [2.05, 4.69) is 0 Å². The van der Waals surface area contributed by atoms with Crippen molar-refractivity contribution in [3.8, 4) is 0 Å². The van der Waals surface area contributed by atoms with Crippen molar-refractivity contribution in [3.05, 3.63) is 35.9 Å². The number of benzene rings is 1. The maximum absolute atomic E-state index is 12.7. The molecule has 2 atom stereocenters. The van der Waals surface area contributed by atoms with E-state index in [4.69, 9.17) is 10.5 Å². The molecule has 1 aromatic carbocycles. The summed E-state index contributed by atoms with van der Waals surface area (Å²) in [6.45, 7) is 0.717. The van der Waals surface area contributed by atoms with Crippen LogP contribution in [0.3, 0.4) is 0 Å². The number of ketones is 1. The van der Waals surface area contributed by atoms with Crippen molar-refractivity contribution in [2.75, 3.05) is 6.61 Å². The number of hydrogen-bond acceptors (Lipinski definition) is 3. The molecule has 3 nitrogen and oxygen atoms in total. The quantitative estimate of drug-likeness (QED) is 0.926. The first kappa shape index (κ1) is 14.7. The Bertz CT molecular complexity index is 479. The van der Waals surface area contributed by atoms with Gasteiger partial charge in [-0.05, 0) is 37.7 Å². The van der Waals surface area contributed by atoms with Crippen molar-refractivity contribution in [2.24, 2.45) is 11.7 Å². The van der Waals surface area contributed by atoms with Crippen molar-refractivity contribution in [3.63, 3.8) is 0 Å². The highest BCUT2D eigenvalue weighted by molar-refractivity contribution is 5.86. The van der Waals surface area contributed by atoms with Gasteiger partial charge in [0, 0.05) is 12.5 Å². The lowest BCUT2D eigenvalue weighted by Crippen LogP contribution is -2.45. The summed E-state index contributed by atoms with van der Waals surface area (Å²) in [5.41, 5.74) is 7.31. The summed E-state index contributed by atoms with van der Waals surface area (Å²) in [7, 11) is 0. The second-order valence-corrected chi connectivity index (χ2v) is 6.63. The van der Waals surface area contributed by atoms with Crippen molar-refractivity contribution < 1.29 is 9.53 Å². The van der Waals surface area contributed by atoms with Crippen LogP contribution < -0.4 is 5.73 Å². The Morgan fingerprint density at radius 2 is 2.00 bits per heavy atom. The second kappa shape index (κ2) is 6.29. The van der Waals surface area contributed by atoms with Crippen LogP contribution in [0, 0.1) is 5.92 Å². The van der Waals surface area contributed by atoms with Crippen molar-refractivity contribution >= 4 is 5.78 Å². The monoisotopic (exact) mass is 287 g/mol. The Kier molecular flexibility index (Phi) is 4.41. The number of carbonyl (C=O) groups excluding carboxylic acids is 1. The van der Waals surface area contributed by atoms with Crippen molar-refractivity contribution in [1.29, 1.82) is 0 Å². The lowest BCUT2D eigenvalue weighted by Gasteiger charge is -2.38. The molecule has 1 saturated carbocycles. The van der Waals surface area contributed by atoms with Gasteiger partial charge < -0.3 is 10.5 Å². The molecule has 0 bridgehead atoms. The van der Waals surface area contributed by atoms with Gasteiger partial charge in [0.05, 0.1) is 11.6 Å². The summed E-state index contributed by atoms with van der Waals surface area (Å²) in [6.07, 6.45) is 7.06. The lowest BCUT2D eigenvalue weighted by molar-refractivity contribution is -0.137. The van der Waals surface area contributed by atoms with E-state index < -0.39 is 0 Å². The zero-order chi connectivity index (χ0) is 14.7. The Morgan fingerprint density at radius 1 is 1.29 bits per heavy atom. The highest BCUT2D eigenvalue weighted by atomic mass is 16.5. The molecule has 1 aliphatic carbocycles.